The molecule has 7 nitrogen and oxygen atoms in total. The van der Waals surface area contributed by atoms with Gasteiger partial charge in [0.1, 0.15) is 0 Å². The van der Waals surface area contributed by atoms with Gasteiger partial charge >= 0.3 is 0 Å². The van der Waals surface area contributed by atoms with Crippen LogP contribution in [0.4, 0.5) is 17.3 Å². The molecule has 36 heavy (non-hydrogen) atoms. The van der Waals surface area contributed by atoms with E-state index in [2.05, 4.69) is 51.2 Å². The SMILES string of the molecule is C=S(C)(=O)c1ccc(-c2cccn3nc(Nc4cccc(N5CCN(CCCC)CC5)c4)nc23)cc1. The highest BCUT2D eigenvalue weighted by atomic mass is 32.2. The van der Waals surface area contributed by atoms with E-state index in [9.17, 15) is 4.21 Å². The van der Waals surface area contributed by atoms with Crippen LogP contribution in [0, 0.1) is 0 Å². The van der Waals surface area contributed by atoms with Crippen LogP contribution in [0.2, 0.25) is 0 Å². The Bertz CT molecular complexity index is 1440. The maximum atomic E-state index is 12.3. The zero-order valence-corrected chi connectivity index (χ0v) is 21.9. The van der Waals surface area contributed by atoms with Crippen LogP contribution >= 0.6 is 0 Å². The molecule has 1 atom stereocenters. The first-order valence-corrected chi connectivity index (χ1v) is 14.7. The minimum Gasteiger partial charge on any atom is -0.369 e. The molecule has 0 amide bonds. The Labute approximate surface area is 213 Å². The number of hydrogen-bond donors (Lipinski definition) is 1. The van der Waals surface area contributed by atoms with Crippen molar-refractivity contribution in [3.8, 4) is 11.1 Å². The molecule has 0 bridgehead atoms. The van der Waals surface area contributed by atoms with Crippen molar-refractivity contribution in [3.05, 3.63) is 66.9 Å². The van der Waals surface area contributed by atoms with E-state index in [1.165, 1.54) is 25.1 Å². The van der Waals surface area contributed by atoms with Crippen molar-refractivity contribution < 1.29 is 4.21 Å². The fourth-order valence-corrected chi connectivity index (χ4v) is 5.34. The molecule has 4 aromatic rings. The van der Waals surface area contributed by atoms with Crippen molar-refractivity contribution >= 4 is 38.4 Å². The second-order valence-electron chi connectivity index (χ2n) is 9.51. The smallest absolute Gasteiger partial charge is 0.247 e. The molecule has 1 saturated heterocycles. The largest absolute Gasteiger partial charge is 0.369 e. The third-order valence-corrected chi connectivity index (χ3v) is 7.96. The third kappa shape index (κ3) is 5.39. The van der Waals surface area contributed by atoms with Crippen molar-refractivity contribution in [1.29, 1.82) is 0 Å². The van der Waals surface area contributed by atoms with Crippen molar-refractivity contribution in [1.82, 2.24) is 19.5 Å². The number of nitrogens with one attached hydrogen (secondary N) is 1. The molecule has 1 aliphatic heterocycles. The van der Waals surface area contributed by atoms with Crippen LogP contribution < -0.4 is 10.2 Å². The second-order valence-corrected chi connectivity index (χ2v) is 12.0. The number of hydrogen-bond acceptors (Lipinski definition) is 6. The molecule has 1 N–H and O–H groups in total. The number of rotatable bonds is 8. The van der Waals surface area contributed by atoms with Gasteiger partial charge in [-0.2, -0.15) is 4.98 Å². The topological polar surface area (TPSA) is 65.8 Å². The first-order valence-electron chi connectivity index (χ1n) is 12.5. The maximum absolute atomic E-state index is 12.3. The van der Waals surface area contributed by atoms with E-state index in [-0.39, 0.29) is 0 Å². The Balaban J connectivity index is 1.33. The fraction of sp³-hybridized carbons (Fsp3) is 0.321. The molecule has 188 valence electrons. The average Bonchev–Trinajstić information content (AvgIpc) is 3.30. The quantitative estimate of drug-likeness (QED) is 0.350. The number of aromatic nitrogens is 3. The number of anilines is 3. The van der Waals surface area contributed by atoms with Crippen LogP contribution in [-0.2, 0) is 9.52 Å². The monoisotopic (exact) mass is 502 g/mol. The number of unbranched alkanes of at least 4 members (excludes halogenated alkanes) is 1. The molecule has 1 aliphatic rings. The minimum absolute atomic E-state index is 0.551. The Hall–Kier alpha value is -3.36. The molecule has 5 rings (SSSR count). The van der Waals surface area contributed by atoms with E-state index in [0.29, 0.717) is 5.95 Å². The summed E-state index contributed by atoms with van der Waals surface area (Å²) in [6.07, 6.45) is 6.07. The van der Waals surface area contributed by atoms with Gasteiger partial charge in [0, 0.05) is 60.5 Å². The van der Waals surface area contributed by atoms with Crippen LogP contribution in [0.5, 0.6) is 0 Å². The van der Waals surface area contributed by atoms with Gasteiger partial charge in [0.05, 0.1) is 0 Å². The molecule has 3 heterocycles. The average molecular weight is 503 g/mol. The lowest BCUT2D eigenvalue weighted by Crippen LogP contribution is -2.46. The molecule has 0 spiro atoms. The van der Waals surface area contributed by atoms with Crippen molar-refractivity contribution in [2.45, 2.75) is 24.7 Å². The van der Waals surface area contributed by atoms with E-state index in [1.54, 1.807) is 10.8 Å². The number of nitrogens with zero attached hydrogens (tertiary/aromatic N) is 5. The Morgan fingerprint density at radius 3 is 2.53 bits per heavy atom. The minimum atomic E-state index is -2.24. The number of benzene rings is 2. The van der Waals surface area contributed by atoms with Crippen LogP contribution in [0.25, 0.3) is 16.8 Å². The molecule has 8 heteroatoms. The molecular weight excluding hydrogens is 468 g/mol. The summed E-state index contributed by atoms with van der Waals surface area (Å²) in [5.41, 5.74) is 4.91. The van der Waals surface area contributed by atoms with Gasteiger partial charge in [0.2, 0.25) is 5.95 Å². The maximum Gasteiger partial charge on any atom is 0.247 e. The third-order valence-electron chi connectivity index (χ3n) is 6.69. The lowest BCUT2D eigenvalue weighted by Gasteiger charge is -2.36. The van der Waals surface area contributed by atoms with Crippen molar-refractivity contribution in [3.63, 3.8) is 0 Å². The summed E-state index contributed by atoms with van der Waals surface area (Å²) < 4.78 is 14.0. The van der Waals surface area contributed by atoms with E-state index < -0.39 is 9.52 Å². The fourth-order valence-electron chi connectivity index (χ4n) is 4.63. The first kappa shape index (κ1) is 24.3. The van der Waals surface area contributed by atoms with E-state index in [4.69, 9.17) is 4.98 Å². The van der Waals surface area contributed by atoms with E-state index in [0.717, 1.165) is 53.5 Å². The molecule has 1 unspecified atom stereocenters. The molecule has 2 aromatic heterocycles. The Kier molecular flexibility index (Phi) is 6.98. The van der Waals surface area contributed by atoms with E-state index >= 15 is 0 Å². The highest BCUT2D eigenvalue weighted by Gasteiger charge is 2.17. The molecule has 0 aliphatic carbocycles. The summed E-state index contributed by atoms with van der Waals surface area (Å²) in [4.78, 5) is 10.5. The molecule has 0 saturated carbocycles. The number of piperazine rings is 1. The predicted molar refractivity (Wildman–Crippen MR) is 151 cm³/mol. The highest BCUT2D eigenvalue weighted by Crippen LogP contribution is 2.27. The molecular formula is C28H34N6OS. The van der Waals surface area contributed by atoms with Gasteiger partial charge in [0.25, 0.3) is 0 Å². The van der Waals surface area contributed by atoms with E-state index in [1.807, 2.05) is 48.7 Å². The summed E-state index contributed by atoms with van der Waals surface area (Å²) in [5, 5.41) is 8.04. The number of fused-ring (bicyclic) bond motifs is 1. The van der Waals surface area contributed by atoms with Crippen molar-refractivity contribution in [2.24, 2.45) is 0 Å². The summed E-state index contributed by atoms with van der Waals surface area (Å²) in [6, 6.07) is 20.1. The van der Waals surface area contributed by atoms with Gasteiger partial charge in [-0.25, -0.2) is 4.52 Å². The zero-order chi connectivity index (χ0) is 25.1. The Morgan fingerprint density at radius 2 is 1.81 bits per heavy atom. The van der Waals surface area contributed by atoms with Crippen LogP contribution in [-0.4, -0.2) is 68.6 Å². The lowest BCUT2D eigenvalue weighted by atomic mass is 10.1. The van der Waals surface area contributed by atoms with Crippen LogP contribution in [0.1, 0.15) is 19.8 Å². The standard InChI is InChI=1S/C28H34N6OS/c1-4-5-15-32-17-19-33(20-18-32)24-9-6-8-23(21-24)29-28-30-27-26(10-7-16-34(27)31-28)22-11-13-25(14-12-22)36(2,3)35/h6-14,16,21H,2,4-5,15,17-20H2,1,3H3,(H,29,31). The summed E-state index contributed by atoms with van der Waals surface area (Å²) in [5.74, 6) is 4.32. The zero-order valence-electron chi connectivity index (χ0n) is 21.1. The second kappa shape index (κ2) is 10.3. The number of pyridine rings is 1. The predicted octanol–water partition coefficient (Wildman–Crippen LogP) is 4.77. The van der Waals surface area contributed by atoms with Gasteiger partial charge in [-0.3, -0.25) is 9.11 Å². The van der Waals surface area contributed by atoms with Crippen LogP contribution in [0.3, 0.4) is 0 Å². The Morgan fingerprint density at radius 1 is 1.03 bits per heavy atom. The van der Waals surface area contributed by atoms with Crippen LogP contribution in [0.15, 0.2) is 71.8 Å². The molecule has 1 fully saturated rings. The first-order chi connectivity index (χ1) is 17.4. The molecule has 2 aromatic carbocycles. The van der Waals surface area contributed by atoms with Gasteiger partial charge in [0.15, 0.2) is 5.65 Å². The van der Waals surface area contributed by atoms with Gasteiger partial charge in [-0.15, -0.1) is 5.10 Å². The van der Waals surface area contributed by atoms with Gasteiger partial charge in [-0.1, -0.05) is 31.5 Å². The normalized spacial score (nSPS) is 16.2. The lowest BCUT2D eigenvalue weighted by molar-refractivity contribution is 0.254. The summed E-state index contributed by atoms with van der Waals surface area (Å²) in [7, 11) is -2.24. The van der Waals surface area contributed by atoms with Gasteiger partial charge < -0.3 is 10.2 Å². The molecule has 0 radical (unpaired) electrons. The summed E-state index contributed by atoms with van der Waals surface area (Å²) in [6.45, 7) is 7.76. The van der Waals surface area contributed by atoms with Crippen molar-refractivity contribution in [2.75, 3.05) is 49.2 Å². The highest BCUT2D eigenvalue weighted by molar-refractivity contribution is 7.99. The summed E-state index contributed by atoms with van der Waals surface area (Å²) >= 11 is 0. The van der Waals surface area contributed by atoms with Gasteiger partial charge in [-0.05, 0) is 76.4 Å².